The number of aromatic nitrogens is 2. The van der Waals surface area contributed by atoms with Gasteiger partial charge >= 0.3 is 6.16 Å². The molecule has 0 amide bonds. The Bertz CT molecular complexity index is 973. The minimum Gasteiger partial charge on any atom is -0.427 e. The van der Waals surface area contributed by atoms with Crippen LogP contribution in [0, 0.1) is 10.1 Å². The molecule has 3 aromatic rings. The van der Waals surface area contributed by atoms with E-state index in [1.165, 1.54) is 24.3 Å². The van der Waals surface area contributed by atoms with Gasteiger partial charge in [0.1, 0.15) is 12.4 Å². The molecule has 0 fully saturated rings. The fourth-order valence-corrected chi connectivity index (χ4v) is 2.67. The first kappa shape index (κ1) is 18.9. The summed E-state index contributed by atoms with van der Waals surface area (Å²) in [4.78, 5) is 22.5. The molecule has 10 heteroatoms. The minimum atomic E-state index is -0.944. The van der Waals surface area contributed by atoms with Crippen LogP contribution in [0.2, 0.25) is 0 Å². The fourth-order valence-electron chi connectivity index (χ4n) is 2.19. The standard InChI is InChI=1S/C17H12BrN3O5S/c18-11-1-3-12(4-2-11)20-15(16(27)9-19-20)10-25-17(22)26-14-7-5-13(6-8-14)21(23)24/h1-9,27H,10H2. The molecule has 138 valence electrons. The van der Waals surface area contributed by atoms with Gasteiger partial charge in [-0.1, -0.05) is 15.9 Å². The maximum atomic E-state index is 11.9. The Morgan fingerprint density at radius 3 is 2.48 bits per heavy atom. The van der Waals surface area contributed by atoms with Gasteiger partial charge in [-0.15, -0.1) is 12.6 Å². The maximum Gasteiger partial charge on any atom is 0.514 e. The van der Waals surface area contributed by atoms with Crippen LogP contribution in [0.3, 0.4) is 0 Å². The third kappa shape index (κ3) is 4.66. The number of carbonyl (C=O) groups excluding carboxylic acids is 1. The molecule has 0 spiro atoms. The van der Waals surface area contributed by atoms with Gasteiger partial charge in [-0.05, 0) is 36.4 Å². The van der Waals surface area contributed by atoms with Crippen LogP contribution in [-0.2, 0) is 11.3 Å². The summed E-state index contributed by atoms with van der Waals surface area (Å²) in [6.45, 7) is -0.110. The average molecular weight is 450 g/mol. The number of ether oxygens (including phenoxy) is 2. The highest BCUT2D eigenvalue weighted by molar-refractivity contribution is 9.10. The van der Waals surface area contributed by atoms with Crippen LogP contribution in [0.4, 0.5) is 10.5 Å². The van der Waals surface area contributed by atoms with Gasteiger partial charge in [0.2, 0.25) is 0 Å². The molecule has 0 bridgehead atoms. The summed E-state index contributed by atoms with van der Waals surface area (Å²) >= 11 is 7.70. The lowest BCUT2D eigenvalue weighted by Crippen LogP contribution is -2.13. The summed E-state index contributed by atoms with van der Waals surface area (Å²) in [7, 11) is 0. The number of halogens is 1. The van der Waals surface area contributed by atoms with Crippen molar-refractivity contribution < 1.29 is 19.2 Å². The van der Waals surface area contributed by atoms with E-state index >= 15 is 0 Å². The van der Waals surface area contributed by atoms with Crippen LogP contribution >= 0.6 is 28.6 Å². The largest absolute Gasteiger partial charge is 0.514 e. The highest BCUT2D eigenvalue weighted by atomic mass is 79.9. The Morgan fingerprint density at radius 1 is 1.19 bits per heavy atom. The molecule has 0 aliphatic carbocycles. The zero-order chi connectivity index (χ0) is 19.4. The Balaban J connectivity index is 1.66. The van der Waals surface area contributed by atoms with Crippen molar-refractivity contribution >= 4 is 40.4 Å². The molecule has 3 rings (SSSR count). The van der Waals surface area contributed by atoms with Crippen molar-refractivity contribution in [3.8, 4) is 11.4 Å². The molecule has 1 aromatic heterocycles. The Hall–Kier alpha value is -2.85. The van der Waals surface area contributed by atoms with Crippen LogP contribution in [0.15, 0.2) is 64.1 Å². The van der Waals surface area contributed by atoms with E-state index in [0.717, 1.165) is 10.2 Å². The van der Waals surface area contributed by atoms with Crippen molar-refractivity contribution in [2.45, 2.75) is 11.5 Å². The average Bonchev–Trinajstić information content (AvgIpc) is 3.01. The van der Waals surface area contributed by atoms with E-state index in [9.17, 15) is 14.9 Å². The molecule has 0 aliphatic rings. The molecule has 0 aliphatic heterocycles. The van der Waals surface area contributed by atoms with Crippen molar-refractivity contribution in [1.29, 1.82) is 0 Å². The molecule has 2 aromatic carbocycles. The maximum absolute atomic E-state index is 11.9. The summed E-state index contributed by atoms with van der Waals surface area (Å²) in [6.07, 6.45) is 0.603. The third-order valence-corrected chi connectivity index (χ3v) is 4.40. The van der Waals surface area contributed by atoms with Crippen molar-refractivity contribution in [1.82, 2.24) is 9.78 Å². The second-order valence-corrected chi connectivity index (χ2v) is 6.65. The minimum absolute atomic E-state index is 0.103. The molecule has 27 heavy (non-hydrogen) atoms. The van der Waals surface area contributed by atoms with Crippen LogP contribution in [0.1, 0.15) is 5.69 Å². The molecule has 0 saturated carbocycles. The number of thiol groups is 1. The lowest BCUT2D eigenvalue weighted by Gasteiger charge is -2.09. The van der Waals surface area contributed by atoms with E-state index in [2.05, 4.69) is 33.7 Å². The topological polar surface area (TPSA) is 96.5 Å². The number of nitro benzene ring substituents is 1. The molecule has 0 atom stereocenters. The van der Waals surface area contributed by atoms with Crippen molar-refractivity contribution in [2.75, 3.05) is 0 Å². The lowest BCUT2D eigenvalue weighted by atomic mass is 10.3. The van der Waals surface area contributed by atoms with Crippen LogP contribution < -0.4 is 4.74 Å². The molecule has 0 radical (unpaired) electrons. The second-order valence-electron chi connectivity index (χ2n) is 5.26. The van der Waals surface area contributed by atoms with Gasteiger partial charge in [-0.25, -0.2) is 9.48 Å². The van der Waals surface area contributed by atoms with Gasteiger partial charge in [0.15, 0.2) is 0 Å². The van der Waals surface area contributed by atoms with Crippen LogP contribution in [-0.4, -0.2) is 20.9 Å². The summed E-state index contributed by atoms with van der Waals surface area (Å²) in [5, 5.41) is 14.9. The number of rotatable bonds is 5. The molecule has 0 N–H and O–H groups in total. The zero-order valence-electron chi connectivity index (χ0n) is 13.6. The first-order chi connectivity index (χ1) is 12.9. The molecular formula is C17H12BrN3O5S. The van der Waals surface area contributed by atoms with Gasteiger partial charge in [0.05, 0.1) is 22.5 Å². The Morgan fingerprint density at radius 2 is 1.85 bits per heavy atom. The van der Waals surface area contributed by atoms with Crippen LogP contribution in [0.25, 0.3) is 5.69 Å². The number of non-ortho nitro benzene ring substituents is 1. The van der Waals surface area contributed by atoms with Gasteiger partial charge in [0, 0.05) is 21.5 Å². The van der Waals surface area contributed by atoms with Crippen molar-refractivity contribution in [3.05, 3.63) is 75.0 Å². The van der Waals surface area contributed by atoms with Crippen LogP contribution in [0.5, 0.6) is 5.75 Å². The van der Waals surface area contributed by atoms with Gasteiger partial charge < -0.3 is 9.47 Å². The summed E-state index contributed by atoms with van der Waals surface area (Å²) in [5.41, 5.74) is 1.25. The first-order valence-electron chi connectivity index (χ1n) is 7.55. The van der Waals surface area contributed by atoms with Crippen molar-refractivity contribution in [3.63, 3.8) is 0 Å². The fraction of sp³-hybridized carbons (Fsp3) is 0.0588. The summed E-state index contributed by atoms with van der Waals surface area (Å²) in [5.74, 6) is 0.137. The highest BCUT2D eigenvalue weighted by Gasteiger charge is 2.14. The normalized spacial score (nSPS) is 10.4. The lowest BCUT2D eigenvalue weighted by molar-refractivity contribution is -0.384. The Kier molecular flexibility index (Phi) is 5.77. The van der Waals surface area contributed by atoms with E-state index in [-0.39, 0.29) is 18.0 Å². The number of nitro groups is 1. The monoisotopic (exact) mass is 449 g/mol. The van der Waals surface area contributed by atoms with E-state index < -0.39 is 11.1 Å². The SMILES string of the molecule is O=C(OCc1c(S)cnn1-c1ccc(Br)cc1)Oc1ccc([N+](=O)[O-])cc1. The number of carbonyl (C=O) groups is 1. The molecular weight excluding hydrogens is 438 g/mol. The van der Waals surface area contributed by atoms with E-state index in [0.29, 0.717) is 10.6 Å². The number of benzene rings is 2. The predicted octanol–water partition coefficient (Wildman–Crippen LogP) is 4.55. The summed E-state index contributed by atoms with van der Waals surface area (Å²) in [6, 6.07) is 12.5. The van der Waals surface area contributed by atoms with E-state index in [1.807, 2.05) is 24.3 Å². The molecule has 8 nitrogen and oxygen atoms in total. The number of nitrogens with zero attached hydrogens (tertiary/aromatic N) is 3. The number of hydrogen-bond donors (Lipinski definition) is 1. The molecule has 1 heterocycles. The van der Waals surface area contributed by atoms with Gasteiger partial charge in [0.25, 0.3) is 5.69 Å². The Labute approximate surface area is 167 Å². The highest BCUT2D eigenvalue weighted by Crippen LogP contribution is 2.22. The third-order valence-electron chi connectivity index (χ3n) is 3.49. The molecule has 0 unspecified atom stereocenters. The van der Waals surface area contributed by atoms with Gasteiger partial charge in [-0.2, -0.15) is 5.10 Å². The quantitative estimate of drug-likeness (QED) is 0.202. The number of hydrogen-bond acceptors (Lipinski definition) is 7. The van der Waals surface area contributed by atoms with Crippen molar-refractivity contribution in [2.24, 2.45) is 0 Å². The predicted molar refractivity (Wildman–Crippen MR) is 102 cm³/mol. The summed E-state index contributed by atoms with van der Waals surface area (Å²) < 4.78 is 12.7. The first-order valence-corrected chi connectivity index (χ1v) is 8.79. The van der Waals surface area contributed by atoms with E-state index in [1.54, 1.807) is 10.9 Å². The van der Waals surface area contributed by atoms with E-state index in [4.69, 9.17) is 9.47 Å². The smallest absolute Gasteiger partial charge is 0.427 e. The molecule has 0 saturated heterocycles. The van der Waals surface area contributed by atoms with Gasteiger partial charge in [-0.3, -0.25) is 10.1 Å². The zero-order valence-corrected chi connectivity index (χ0v) is 16.1. The second kappa shape index (κ2) is 8.23.